The lowest BCUT2D eigenvalue weighted by Gasteiger charge is -1.96. The van der Waals surface area contributed by atoms with Crippen molar-refractivity contribution in [3.8, 4) is 0 Å². The number of anilines is 1. The van der Waals surface area contributed by atoms with E-state index in [0.29, 0.717) is 15.7 Å². The molecular weight excluding hydrogens is 270 g/mol. The van der Waals surface area contributed by atoms with Gasteiger partial charge >= 0.3 is 0 Å². The van der Waals surface area contributed by atoms with Gasteiger partial charge in [-0.05, 0) is 24.9 Å². The van der Waals surface area contributed by atoms with Crippen molar-refractivity contribution in [3.63, 3.8) is 0 Å². The molecule has 0 aromatic carbocycles. The van der Waals surface area contributed by atoms with Gasteiger partial charge in [0.05, 0.1) is 5.69 Å². The molecule has 18 heavy (non-hydrogen) atoms. The van der Waals surface area contributed by atoms with E-state index in [4.69, 9.17) is 0 Å². The van der Waals surface area contributed by atoms with E-state index >= 15 is 0 Å². The van der Waals surface area contributed by atoms with Gasteiger partial charge in [-0.2, -0.15) is 0 Å². The van der Waals surface area contributed by atoms with E-state index in [1.807, 2.05) is 0 Å². The van der Waals surface area contributed by atoms with Crippen LogP contribution in [-0.4, -0.2) is 25.7 Å². The molecule has 0 saturated carbocycles. The minimum absolute atomic E-state index is 0.222. The SMILES string of the molecule is CCCCc1nnc(NC(=O)c2snnc2C)s1. The Balaban J connectivity index is 1.99. The van der Waals surface area contributed by atoms with Gasteiger partial charge in [0.15, 0.2) is 0 Å². The summed E-state index contributed by atoms with van der Waals surface area (Å²) in [6, 6.07) is 0. The molecule has 96 valence electrons. The predicted octanol–water partition coefficient (Wildman–Crippen LogP) is 2.29. The first-order valence-electron chi connectivity index (χ1n) is 5.63. The number of amides is 1. The first-order chi connectivity index (χ1) is 8.70. The molecular formula is C10H13N5OS2. The topological polar surface area (TPSA) is 80.7 Å². The normalized spacial score (nSPS) is 10.6. The third kappa shape index (κ3) is 3.08. The van der Waals surface area contributed by atoms with Crippen LogP contribution in [0.15, 0.2) is 0 Å². The van der Waals surface area contributed by atoms with Crippen LogP contribution in [0.3, 0.4) is 0 Å². The summed E-state index contributed by atoms with van der Waals surface area (Å²) in [5.41, 5.74) is 0.633. The van der Waals surface area contributed by atoms with E-state index in [2.05, 4.69) is 32.0 Å². The summed E-state index contributed by atoms with van der Waals surface area (Å²) in [5.74, 6) is -0.222. The van der Waals surface area contributed by atoms with Crippen LogP contribution in [0.1, 0.15) is 40.1 Å². The highest BCUT2D eigenvalue weighted by molar-refractivity contribution is 7.15. The number of aromatic nitrogens is 4. The Morgan fingerprint density at radius 1 is 1.33 bits per heavy atom. The van der Waals surface area contributed by atoms with Crippen molar-refractivity contribution in [1.82, 2.24) is 19.8 Å². The van der Waals surface area contributed by atoms with Crippen molar-refractivity contribution >= 4 is 33.9 Å². The highest BCUT2D eigenvalue weighted by Gasteiger charge is 2.15. The zero-order chi connectivity index (χ0) is 13.0. The molecule has 0 aliphatic carbocycles. The molecule has 0 radical (unpaired) electrons. The minimum atomic E-state index is -0.222. The van der Waals surface area contributed by atoms with Crippen LogP contribution < -0.4 is 5.32 Å². The average Bonchev–Trinajstić information content (AvgIpc) is 2.95. The number of rotatable bonds is 5. The first-order valence-corrected chi connectivity index (χ1v) is 7.22. The third-order valence-electron chi connectivity index (χ3n) is 2.29. The molecule has 0 fully saturated rings. The lowest BCUT2D eigenvalue weighted by Crippen LogP contribution is -2.11. The number of hydrogen-bond acceptors (Lipinski definition) is 7. The van der Waals surface area contributed by atoms with E-state index in [1.165, 1.54) is 11.3 Å². The average molecular weight is 283 g/mol. The lowest BCUT2D eigenvalue weighted by molar-refractivity contribution is 0.102. The Bertz CT molecular complexity index is 536. The Labute approximate surface area is 113 Å². The Morgan fingerprint density at radius 2 is 2.17 bits per heavy atom. The molecule has 0 unspecified atom stereocenters. The molecule has 2 aromatic heterocycles. The molecule has 0 aliphatic rings. The summed E-state index contributed by atoms with van der Waals surface area (Å²) in [6.07, 6.45) is 3.11. The van der Waals surface area contributed by atoms with Gasteiger partial charge < -0.3 is 0 Å². The van der Waals surface area contributed by atoms with Gasteiger partial charge in [-0.1, -0.05) is 29.2 Å². The van der Waals surface area contributed by atoms with Crippen LogP contribution >= 0.6 is 22.9 Å². The number of aryl methyl sites for hydroxylation is 2. The van der Waals surface area contributed by atoms with Crippen LogP contribution in [0.2, 0.25) is 0 Å². The van der Waals surface area contributed by atoms with Gasteiger partial charge in [0.25, 0.3) is 5.91 Å². The van der Waals surface area contributed by atoms with Crippen molar-refractivity contribution < 1.29 is 4.79 Å². The summed E-state index contributed by atoms with van der Waals surface area (Å²) >= 11 is 2.49. The number of nitrogens with one attached hydrogen (secondary N) is 1. The van der Waals surface area contributed by atoms with Gasteiger partial charge in [0.1, 0.15) is 9.88 Å². The van der Waals surface area contributed by atoms with Gasteiger partial charge in [0, 0.05) is 6.42 Å². The van der Waals surface area contributed by atoms with Crippen LogP contribution in [-0.2, 0) is 6.42 Å². The van der Waals surface area contributed by atoms with Gasteiger partial charge in [-0.3, -0.25) is 10.1 Å². The maximum Gasteiger partial charge on any atom is 0.271 e. The van der Waals surface area contributed by atoms with Crippen LogP contribution in [0.5, 0.6) is 0 Å². The molecule has 8 heteroatoms. The molecule has 0 spiro atoms. The van der Waals surface area contributed by atoms with Gasteiger partial charge in [-0.25, -0.2) is 0 Å². The van der Waals surface area contributed by atoms with E-state index in [9.17, 15) is 4.79 Å². The molecule has 0 bridgehead atoms. The second-order valence-electron chi connectivity index (χ2n) is 3.75. The quantitative estimate of drug-likeness (QED) is 0.910. The highest BCUT2D eigenvalue weighted by Crippen LogP contribution is 2.19. The Kier molecular flexibility index (Phi) is 4.32. The summed E-state index contributed by atoms with van der Waals surface area (Å²) in [7, 11) is 0. The first kappa shape index (κ1) is 13.0. The third-order valence-corrected chi connectivity index (χ3v) is 4.01. The Hall–Kier alpha value is -1.41. The second-order valence-corrected chi connectivity index (χ2v) is 5.56. The summed E-state index contributed by atoms with van der Waals surface area (Å²) in [5, 5.41) is 16.0. The molecule has 0 atom stereocenters. The van der Waals surface area contributed by atoms with Crippen molar-refractivity contribution in [1.29, 1.82) is 0 Å². The van der Waals surface area contributed by atoms with Crippen molar-refractivity contribution in [2.75, 3.05) is 5.32 Å². The maximum atomic E-state index is 11.9. The van der Waals surface area contributed by atoms with E-state index in [-0.39, 0.29) is 5.91 Å². The lowest BCUT2D eigenvalue weighted by atomic mass is 10.3. The van der Waals surface area contributed by atoms with Crippen LogP contribution in [0.25, 0.3) is 0 Å². The minimum Gasteiger partial charge on any atom is -0.296 e. The Morgan fingerprint density at radius 3 is 2.83 bits per heavy atom. The highest BCUT2D eigenvalue weighted by atomic mass is 32.1. The molecule has 2 heterocycles. The monoisotopic (exact) mass is 283 g/mol. The standard InChI is InChI=1S/C10H13N5OS2/c1-3-4-5-7-13-14-10(17-7)11-9(16)8-6(2)12-15-18-8/h3-5H2,1-2H3,(H,11,14,16). The van der Waals surface area contributed by atoms with Gasteiger partial charge in [-0.15, -0.1) is 15.3 Å². The fourth-order valence-electron chi connectivity index (χ4n) is 1.33. The summed E-state index contributed by atoms with van der Waals surface area (Å²) in [6.45, 7) is 3.88. The summed E-state index contributed by atoms with van der Waals surface area (Å²) < 4.78 is 3.73. The van der Waals surface area contributed by atoms with Crippen LogP contribution in [0, 0.1) is 6.92 Å². The largest absolute Gasteiger partial charge is 0.296 e. The van der Waals surface area contributed by atoms with Crippen molar-refractivity contribution in [2.24, 2.45) is 0 Å². The van der Waals surface area contributed by atoms with Crippen molar-refractivity contribution in [3.05, 3.63) is 15.6 Å². The zero-order valence-corrected chi connectivity index (χ0v) is 11.8. The number of unbranched alkanes of at least 4 members (excludes halogenated alkanes) is 1. The van der Waals surface area contributed by atoms with E-state index in [0.717, 1.165) is 35.8 Å². The molecule has 6 nitrogen and oxygen atoms in total. The summed E-state index contributed by atoms with van der Waals surface area (Å²) in [4.78, 5) is 12.4. The number of carbonyl (C=O) groups excluding carboxylic acids is 1. The molecule has 1 amide bonds. The molecule has 2 rings (SSSR count). The number of hydrogen-bond donors (Lipinski definition) is 1. The zero-order valence-electron chi connectivity index (χ0n) is 10.1. The second kappa shape index (κ2) is 5.96. The maximum absolute atomic E-state index is 11.9. The van der Waals surface area contributed by atoms with E-state index < -0.39 is 0 Å². The smallest absolute Gasteiger partial charge is 0.271 e. The number of carbonyl (C=O) groups is 1. The van der Waals surface area contributed by atoms with Crippen LogP contribution in [0.4, 0.5) is 5.13 Å². The molecule has 1 N–H and O–H groups in total. The van der Waals surface area contributed by atoms with E-state index in [1.54, 1.807) is 6.92 Å². The predicted molar refractivity (Wildman–Crippen MR) is 71.1 cm³/mol. The molecule has 0 saturated heterocycles. The fourth-order valence-corrected chi connectivity index (χ4v) is 2.66. The number of nitrogens with zero attached hydrogens (tertiary/aromatic N) is 4. The van der Waals surface area contributed by atoms with Crippen molar-refractivity contribution in [2.45, 2.75) is 33.1 Å². The van der Waals surface area contributed by atoms with Gasteiger partial charge in [0.2, 0.25) is 5.13 Å². The molecule has 0 aliphatic heterocycles. The molecule has 2 aromatic rings. The fraction of sp³-hybridized carbons (Fsp3) is 0.500.